The maximum Gasteiger partial charge on any atom is 0.274 e. The third-order valence-corrected chi connectivity index (χ3v) is 5.82. The molecule has 0 N–H and O–H groups in total. The van der Waals surface area contributed by atoms with Gasteiger partial charge < -0.3 is 9.80 Å². The van der Waals surface area contributed by atoms with Crippen LogP contribution in [0.15, 0.2) is 60.1 Å². The minimum Gasteiger partial charge on any atom is -0.337 e. The van der Waals surface area contributed by atoms with Crippen LogP contribution in [-0.2, 0) is 0 Å². The number of hydrogen-bond acceptors (Lipinski definition) is 4. The summed E-state index contributed by atoms with van der Waals surface area (Å²) >= 11 is 1.45. The quantitative estimate of drug-likeness (QED) is 0.659. The molecule has 3 aromatic rings. The monoisotopic (exact) mass is 409 g/mol. The van der Waals surface area contributed by atoms with E-state index >= 15 is 0 Å². The van der Waals surface area contributed by atoms with Crippen molar-refractivity contribution >= 4 is 23.2 Å². The molecule has 1 aliphatic rings. The number of benzene rings is 2. The number of aromatic nitrogens is 1. The van der Waals surface area contributed by atoms with Crippen LogP contribution in [0.25, 0.3) is 10.4 Å². The number of hydrogen-bond donors (Lipinski definition) is 0. The Kier molecular flexibility index (Phi) is 5.67. The molecule has 29 heavy (non-hydrogen) atoms. The van der Waals surface area contributed by atoms with Crippen LogP contribution in [0.4, 0.5) is 4.39 Å². The van der Waals surface area contributed by atoms with Gasteiger partial charge in [0.1, 0.15) is 11.5 Å². The lowest BCUT2D eigenvalue weighted by Gasteiger charge is -2.22. The highest BCUT2D eigenvalue weighted by Gasteiger charge is 2.26. The molecule has 1 fully saturated rings. The van der Waals surface area contributed by atoms with Crippen molar-refractivity contribution in [2.24, 2.45) is 0 Å². The first kappa shape index (κ1) is 19.3. The van der Waals surface area contributed by atoms with Crippen molar-refractivity contribution in [1.29, 1.82) is 0 Å². The van der Waals surface area contributed by atoms with Gasteiger partial charge in [0, 0.05) is 31.7 Å². The summed E-state index contributed by atoms with van der Waals surface area (Å²) in [5, 5.41) is 0. The zero-order valence-corrected chi connectivity index (χ0v) is 16.6. The molecule has 2 heterocycles. The molecule has 0 bridgehead atoms. The number of carbonyl (C=O) groups excluding carboxylic acids is 2. The van der Waals surface area contributed by atoms with Gasteiger partial charge in [-0.3, -0.25) is 9.59 Å². The largest absolute Gasteiger partial charge is 0.337 e. The highest BCUT2D eigenvalue weighted by atomic mass is 32.1. The molecule has 0 unspecified atom stereocenters. The lowest BCUT2D eigenvalue weighted by molar-refractivity contribution is 0.0716. The van der Waals surface area contributed by atoms with E-state index in [0.717, 1.165) is 10.4 Å². The van der Waals surface area contributed by atoms with Crippen molar-refractivity contribution in [1.82, 2.24) is 14.8 Å². The van der Waals surface area contributed by atoms with Crippen LogP contribution in [0.5, 0.6) is 0 Å². The average Bonchev–Trinajstić information content (AvgIpc) is 3.11. The number of rotatable bonds is 3. The second-order valence-corrected chi connectivity index (χ2v) is 7.70. The van der Waals surface area contributed by atoms with E-state index in [0.29, 0.717) is 43.9 Å². The first-order chi connectivity index (χ1) is 14.1. The number of amides is 2. The van der Waals surface area contributed by atoms with Gasteiger partial charge in [0.2, 0.25) is 0 Å². The summed E-state index contributed by atoms with van der Waals surface area (Å²) in [4.78, 5) is 34.4. The molecule has 1 saturated heterocycles. The highest BCUT2D eigenvalue weighted by Crippen LogP contribution is 2.28. The molecule has 1 aliphatic heterocycles. The number of halogens is 1. The van der Waals surface area contributed by atoms with Gasteiger partial charge in [0.25, 0.3) is 11.8 Å². The Hall–Kier alpha value is -3.06. The Morgan fingerprint density at radius 2 is 1.62 bits per heavy atom. The SMILES string of the molecule is O=C(c1cccc(F)c1)N1CCCN(C(=O)c2ncsc2-c2ccccc2)CC1. The van der Waals surface area contributed by atoms with E-state index in [1.807, 2.05) is 30.3 Å². The molecule has 2 amide bonds. The van der Waals surface area contributed by atoms with Gasteiger partial charge in [-0.1, -0.05) is 36.4 Å². The van der Waals surface area contributed by atoms with Crippen LogP contribution >= 0.6 is 11.3 Å². The number of nitrogens with zero attached hydrogens (tertiary/aromatic N) is 3. The van der Waals surface area contributed by atoms with Gasteiger partial charge >= 0.3 is 0 Å². The minimum atomic E-state index is -0.431. The van der Waals surface area contributed by atoms with Gasteiger partial charge in [-0.2, -0.15) is 0 Å². The summed E-state index contributed by atoms with van der Waals surface area (Å²) in [6, 6.07) is 15.4. The maximum absolute atomic E-state index is 13.4. The van der Waals surface area contributed by atoms with E-state index in [1.165, 1.54) is 29.5 Å². The molecule has 7 heteroatoms. The molecule has 0 spiro atoms. The van der Waals surface area contributed by atoms with E-state index < -0.39 is 5.82 Å². The Balaban J connectivity index is 1.47. The minimum absolute atomic E-state index is 0.120. The standard InChI is InChI=1S/C22H20FN3O2S/c23-18-9-4-8-17(14-18)21(27)25-10-5-11-26(13-12-25)22(28)19-20(29-15-24-19)16-6-2-1-3-7-16/h1-4,6-9,14-15H,5,10-13H2. The second-order valence-electron chi connectivity index (χ2n) is 6.84. The van der Waals surface area contributed by atoms with E-state index in [1.54, 1.807) is 21.4 Å². The molecule has 0 radical (unpaired) electrons. The molecule has 148 valence electrons. The van der Waals surface area contributed by atoms with Crippen molar-refractivity contribution < 1.29 is 14.0 Å². The third kappa shape index (κ3) is 4.19. The molecule has 1 aromatic heterocycles. The van der Waals surface area contributed by atoms with Gasteiger partial charge in [-0.05, 0) is 30.2 Å². The fourth-order valence-corrected chi connectivity index (χ4v) is 4.26. The Bertz CT molecular complexity index is 1020. The first-order valence-electron chi connectivity index (χ1n) is 9.46. The van der Waals surface area contributed by atoms with Gasteiger partial charge in [-0.15, -0.1) is 11.3 Å². The van der Waals surface area contributed by atoms with Crippen LogP contribution < -0.4 is 0 Å². The lowest BCUT2D eigenvalue weighted by atomic mass is 10.1. The van der Waals surface area contributed by atoms with Crippen LogP contribution in [0.3, 0.4) is 0 Å². The Morgan fingerprint density at radius 3 is 2.34 bits per heavy atom. The molecule has 4 rings (SSSR count). The summed E-state index contributed by atoms with van der Waals surface area (Å²) in [7, 11) is 0. The van der Waals surface area contributed by atoms with Crippen molar-refractivity contribution in [3.8, 4) is 10.4 Å². The van der Waals surface area contributed by atoms with Gasteiger partial charge in [0.05, 0.1) is 10.4 Å². The van der Waals surface area contributed by atoms with Crippen LogP contribution in [0, 0.1) is 5.82 Å². The predicted molar refractivity (Wildman–Crippen MR) is 110 cm³/mol. The Morgan fingerprint density at radius 1 is 0.897 bits per heavy atom. The normalized spacial score (nSPS) is 14.5. The third-order valence-electron chi connectivity index (χ3n) is 4.95. The van der Waals surface area contributed by atoms with Crippen molar-refractivity contribution in [3.05, 3.63) is 77.2 Å². The zero-order chi connectivity index (χ0) is 20.2. The summed E-state index contributed by atoms with van der Waals surface area (Å²) < 4.78 is 13.4. The van der Waals surface area contributed by atoms with Crippen LogP contribution in [0.1, 0.15) is 27.3 Å². The van der Waals surface area contributed by atoms with E-state index in [4.69, 9.17) is 0 Å². The Labute approximate surface area is 172 Å². The predicted octanol–water partition coefficient (Wildman–Crippen LogP) is 3.94. The van der Waals surface area contributed by atoms with Crippen molar-refractivity contribution in [3.63, 3.8) is 0 Å². The summed E-state index contributed by atoms with van der Waals surface area (Å²) in [6.07, 6.45) is 0.664. The van der Waals surface area contributed by atoms with E-state index in [2.05, 4.69) is 4.98 Å². The second kappa shape index (κ2) is 8.53. The van der Waals surface area contributed by atoms with E-state index in [9.17, 15) is 14.0 Å². The van der Waals surface area contributed by atoms with Crippen molar-refractivity contribution in [2.75, 3.05) is 26.2 Å². The molecule has 0 saturated carbocycles. The smallest absolute Gasteiger partial charge is 0.274 e. The number of thiazole rings is 1. The zero-order valence-electron chi connectivity index (χ0n) is 15.8. The lowest BCUT2D eigenvalue weighted by Crippen LogP contribution is -2.37. The maximum atomic E-state index is 13.4. The molecule has 5 nitrogen and oxygen atoms in total. The first-order valence-corrected chi connectivity index (χ1v) is 10.3. The van der Waals surface area contributed by atoms with Crippen molar-refractivity contribution in [2.45, 2.75) is 6.42 Å². The van der Waals surface area contributed by atoms with Crippen LogP contribution in [-0.4, -0.2) is 52.8 Å². The fraction of sp³-hybridized carbons (Fsp3) is 0.227. The van der Waals surface area contributed by atoms with E-state index in [-0.39, 0.29) is 11.8 Å². The molecule has 2 aromatic carbocycles. The highest BCUT2D eigenvalue weighted by molar-refractivity contribution is 7.13. The summed E-state index contributed by atoms with van der Waals surface area (Å²) in [6.45, 7) is 1.91. The number of carbonyl (C=O) groups is 2. The van der Waals surface area contributed by atoms with Crippen LogP contribution in [0.2, 0.25) is 0 Å². The molecular formula is C22H20FN3O2S. The molecular weight excluding hydrogens is 389 g/mol. The molecule has 0 aliphatic carbocycles. The average molecular weight is 409 g/mol. The summed E-state index contributed by atoms with van der Waals surface area (Å²) in [5.74, 6) is -0.762. The summed E-state index contributed by atoms with van der Waals surface area (Å²) in [5.41, 5.74) is 3.44. The topological polar surface area (TPSA) is 53.5 Å². The van der Waals surface area contributed by atoms with Gasteiger partial charge in [0.15, 0.2) is 0 Å². The van der Waals surface area contributed by atoms with Gasteiger partial charge in [-0.25, -0.2) is 9.37 Å². The molecule has 0 atom stereocenters. The fourth-order valence-electron chi connectivity index (χ4n) is 3.47.